The van der Waals surface area contributed by atoms with Crippen LogP contribution in [-0.2, 0) is 19.3 Å². The van der Waals surface area contributed by atoms with Crippen LogP contribution < -0.4 is 11.3 Å². The van der Waals surface area contributed by atoms with E-state index in [0.29, 0.717) is 13.0 Å². The van der Waals surface area contributed by atoms with Gasteiger partial charge in [0.25, 0.3) is 5.56 Å². The standard InChI is InChI=1S/C14H17N3O/c15-7-6-12-13(16-17-14(12)18)11-5-4-9-2-1-3-10(9)8-11/h4-5,8H,1-3,6-7,15H2,(H2,16,17,18). The summed E-state index contributed by atoms with van der Waals surface area (Å²) in [5.74, 6) is 0. The lowest BCUT2D eigenvalue weighted by atomic mass is 10.0. The fourth-order valence-electron chi connectivity index (χ4n) is 2.74. The Morgan fingerprint density at radius 2 is 2.00 bits per heavy atom. The molecule has 4 N–H and O–H groups in total. The van der Waals surface area contributed by atoms with Crippen molar-refractivity contribution in [2.75, 3.05) is 6.54 Å². The first kappa shape index (κ1) is 11.3. The molecular weight excluding hydrogens is 226 g/mol. The molecule has 0 saturated heterocycles. The Bertz CT molecular complexity index is 624. The summed E-state index contributed by atoms with van der Waals surface area (Å²) in [5, 5.41) is 5.63. The quantitative estimate of drug-likeness (QED) is 0.761. The van der Waals surface area contributed by atoms with Gasteiger partial charge < -0.3 is 5.73 Å². The van der Waals surface area contributed by atoms with Crippen LogP contribution in [-0.4, -0.2) is 16.7 Å². The Kier molecular flexibility index (Phi) is 2.80. The summed E-state index contributed by atoms with van der Waals surface area (Å²) >= 11 is 0. The monoisotopic (exact) mass is 243 g/mol. The molecule has 2 aromatic rings. The van der Waals surface area contributed by atoms with Gasteiger partial charge in [-0.1, -0.05) is 12.1 Å². The number of aromatic amines is 2. The Balaban J connectivity index is 2.07. The second kappa shape index (κ2) is 4.46. The van der Waals surface area contributed by atoms with Gasteiger partial charge in [-0.05, 0) is 49.4 Å². The highest BCUT2D eigenvalue weighted by Gasteiger charge is 2.15. The minimum atomic E-state index is -0.0593. The van der Waals surface area contributed by atoms with E-state index in [1.165, 1.54) is 24.0 Å². The largest absolute Gasteiger partial charge is 0.330 e. The number of H-pyrrole nitrogens is 2. The van der Waals surface area contributed by atoms with Crippen LogP contribution in [0.3, 0.4) is 0 Å². The zero-order chi connectivity index (χ0) is 12.5. The van der Waals surface area contributed by atoms with Crippen molar-refractivity contribution in [3.05, 3.63) is 45.2 Å². The third-order valence-electron chi connectivity index (χ3n) is 3.66. The van der Waals surface area contributed by atoms with Crippen LogP contribution in [0.4, 0.5) is 0 Å². The van der Waals surface area contributed by atoms with E-state index in [9.17, 15) is 4.79 Å². The number of hydrogen-bond donors (Lipinski definition) is 3. The summed E-state index contributed by atoms with van der Waals surface area (Å²) in [6, 6.07) is 6.46. The number of hydrogen-bond acceptors (Lipinski definition) is 2. The molecule has 0 amide bonds. The second-order valence-electron chi connectivity index (χ2n) is 4.81. The van der Waals surface area contributed by atoms with Gasteiger partial charge in [-0.15, -0.1) is 0 Å². The van der Waals surface area contributed by atoms with Crippen molar-refractivity contribution in [2.24, 2.45) is 5.73 Å². The highest BCUT2D eigenvalue weighted by molar-refractivity contribution is 5.64. The van der Waals surface area contributed by atoms with E-state index in [2.05, 4.69) is 28.4 Å². The average molecular weight is 243 g/mol. The Labute approximate surface area is 105 Å². The van der Waals surface area contributed by atoms with Gasteiger partial charge in [0.1, 0.15) is 0 Å². The van der Waals surface area contributed by atoms with Gasteiger partial charge in [0.05, 0.1) is 5.69 Å². The van der Waals surface area contributed by atoms with Crippen LogP contribution in [0, 0.1) is 0 Å². The van der Waals surface area contributed by atoms with Crippen LogP contribution in [0.5, 0.6) is 0 Å². The molecule has 0 atom stereocenters. The van der Waals surface area contributed by atoms with Gasteiger partial charge in [0, 0.05) is 11.1 Å². The minimum absolute atomic E-state index is 0.0593. The average Bonchev–Trinajstić information content (AvgIpc) is 2.97. The molecule has 1 aliphatic rings. The molecule has 0 aliphatic heterocycles. The Morgan fingerprint density at radius 3 is 2.83 bits per heavy atom. The number of nitrogens with two attached hydrogens (primary N) is 1. The maximum atomic E-state index is 11.7. The normalized spacial score (nSPS) is 13.8. The Hall–Kier alpha value is -1.81. The molecular formula is C14H17N3O. The number of aryl methyl sites for hydroxylation is 2. The number of fused-ring (bicyclic) bond motifs is 1. The summed E-state index contributed by atoms with van der Waals surface area (Å²) in [6.07, 6.45) is 4.16. The van der Waals surface area contributed by atoms with Crippen molar-refractivity contribution < 1.29 is 0 Å². The first-order valence-corrected chi connectivity index (χ1v) is 6.41. The van der Waals surface area contributed by atoms with Gasteiger partial charge >= 0.3 is 0 Å². The lowest BCUT2D eigenvalue weighted by Gasteiger charge is -2.05. The smallest absolute Gasteiger partial charge is 0.267 e. The van der Waals surface area contributed by atoms with Gasteiger partial charge in [-0.2, -0.15) is 0 Å². The summed E-state index contributed by atoms with van der Waals surface area (Å²) < 4.78 is 0. The van der Waals surface area contributed by atoms with Gasteiger partial charge in [0.15, 0.2) is 0 Å². The molecule has 1 aromatic carbocycles. The predicted molar refractivity (Wildman–Crippen MR) is 71.6 cm³/mol. The van der Waals surface area contributed by atoms with E-state index >= 15 is 0 Å². The fourth-order valence-corrected chi connectivity index (χ4v) is 2.74. The predicted octanol–water partition coefficient (Wildman–Crippen LogP) is 1.36. The van der Waals surface area contributed by atoms with Gasteiger partial charge in [-0.3, -0.25) is 15.0 Å². The zero-order valence-corrected chi connectivity index (χ0v) is 10.3. The van der Waals surface area contributed by atoms with E-state index in [4.69, 9.17) is 5.73 Å². The molecule has 4 nitrogen and oxygen atoms in total. The van der Waals surface area contributed by atoms with E-state index in [-0.39, 0.29) is 5.56 Å². The van der Waals surface area contributed by atoms with Crippen molar-refractivity contribution >= 4 is 0 Å². The zero-order valence-electron chi connectivity index (χ0n) is 10.3. The number of benzene rings is 1. The molecule has 1 aliphatic carbocycles. The fraction of sp³-hybridized carbons (Fsp3) is 0.357. The van der Waals surface area contributed by atoms with Crippen LogP contribution in [0.1, 0.15) is 23.1 Å². The van der Waals surface area contributed by atoms with E-state index < -0.39 is 0 Å². The molecule has 0 fully saturated rings. The number of aromatic nitrogens is 2. The van der Waals surface area contributed by atoms with Crippen LogP contribution >= 0.6 is 0 Å². The maximum Gasteiger partial charge on any atom is 0.267 e. The molecule has 0 unspecified atom stereocenters. The summed E-state index contributed by atoms with van der Waals surface area (Å²) in [4.78, 5) is 11.7. The number of nitrogens with one attached hydrogen (secondary N) is 2. The molecule has 0 radical (unpaired) electrons. The first-order chi connectivity index (χ1) is 8.79. The topological polar surface area (TPSA) is 74.7 Å². The van der Waals surface area contributed by atoms with E-state index in [1.807, 2.05) is 0 Å². The molecule has 1 aromatic heterocycles. The van der Waals surface area contributed by atoms with Crippen LogP contribution in [0.2, 0.25) is 0 Å². The first-order valence-electron chi connectivity index (χ1n) is 6.41. The molecule has 3 rings (SSSR count). The minimum Gasteiger partial charge on any atom is -0.330 e. The summed E-state index contributed by atoms with van der Waals surface area (Å²) in [7, 11) is 0. The SMILES string of the molecule is NCCc1c(-c2ccc3c(c2)CCC3)[nH][nH]c1=O. The third-order valence-corrected chi connectivity index (χ3v) is 3.66. The van der Waals surface area contributed by atoms with Crippen LogP contribution in [0.25, 0.3) is 11.3 Å². The molecule has 0 saturated carbocycles. The van der Waals surface area contributed by atoms with Crippen molar-refractivity contribution in [1.82, 2.24) is 10.2 Å². The molecule has 18 heavy (non-hydrogen) atoms. The van der Waals surface area contributed by atoms with Crippen molar-refractivity contribution in [1.29, 1.82) is 0 Å². The summed E-state index contributed by atoms with van der Waals surface area (Å²) in [5.41, 5.74) is 11.1. The maximum absolute atomic E-state index is 11.7. The molecule has 1 heterocycles. The lowest BCUT2D eigenvalue weighted by Crippen LogP contribution is -2.12. The molecule has 0 spiro atoms. The van der Waals surface area contributed by atoms with Crippen LogP contribution in [0.15, 0.2) is 23.0 Å². The molecule has 0 bridgehead atoms. The van der Waals surface area contributed by atoms with Crippen molar-refractivity contribution in [3.8, 4) is 11.3 Å². The van der Waals surface area contributed by atoms with Gasteiger partial charge in [0.2, 0.25) is 0 Å². The molecule has 4 heteroatoms. The summed E-state index contributed by atoms with van der Waals surface area (Å²) in [6.45, 7) is 0.485. The second-order valence-corrected chi connectivity index (χ2v) is 4.81. The van der Waals surface area contributed by atoms with Crippen molar-refractivity contribution in [3.63, 3.8) is 0 Å². The highest BCUT2D eigenvalue weighted by atomic mass is 16.1. The van der Waals surface area contributed by atoms with E-state index in [0.717, 1.165) is 23.2 Å². The van der Waals surface area contributed by atoms with E-state index in [1.54, 1.807) is 0 Å². The van der Waals surface area contributed by atoms with Crippen molar-refractivity contribution in [2.45, 2.75) is 25.7 Å². The van der Waals surface area contributed by atoms with Gasteiger partial charge in [-0.25, -0.2) is 0 Å². The highest BCUT2D eigenvalue weighted by Crippen LogP contribution is 2.27. The molecule has 94 valence electrons. The Morgan fingerprint density at radius 1 is 1.17 bits per heavy atom. The number of rotatable bonds is 3. The third kappa shape index (κ3) is 1.78. The lowest BCUT2D eigenvalue weighted by molar-refractivity contribution is 0.912.